The Morgan fingerprint density at radius 2 is 1.83 bits per heavy atom. The Kier molecular flexibility index (Phi) is 9.19. The van der Waals surface area contributed by atoms with Crippen LogP contribution < -0.4 is 5.32 Å². The summed E-state index contributed by atoms with van der Waals surface area (Å²) in [4.78, 5) is 25.3. The maximum atomic E-state index is 12.6. The van der Waals surface area contributed by atoms with E-state index in [0.29, 0.717) is 43.1 Å². The van der Waals surface area contributed by atoms with Crippen LogP contribution in [0.3, 0.4) is 0 Å². The van der Waals surface area contributed by atoms with Crippen LogP contribution in [0.5, 0.6) is 0 Å². The first-order chi connectivity index (χ1) is 14.6. The lowest BCUT2D eigenvalue weighted by atomic mass is 9.76. The number of hydrogen-bond donors (Lipinski definition) is 2. The number of amides is 1. The van der Waals surface area contributed by atoms with Crippen molar-refractivity contribution in [3.05, 3.63) is 12.2 Å². The second-order valence-corrected chi connectivity index (χ2v) is 9.19. The van der Waals surface area contributed by atoms with Crippen molar-refractivity contribution >= 4 is 11.9 Å². The minimum absolute atomic E-state index is 0.241. The quantitative estimate of drug-likeness (QED) is 0.350. The van der Waals surface area contributed by atoms with E-state index in [9.17, 15) is 9.59 Å². The molecule has 4 atom stereocenters. The van der Waals surface area contributed by atoms with Gasteiger partial charge in [0, 0.05) is 19.0 Å². The molecule has 3 aliphatic rings. The summed E-state index contributed by atoms with van der Waals surface area (Å²) in [7, 11) is 0. The highest BCUT2D eigenvalue weighted by molar-refractivity contribution is 5.78. The minimum Gasteiger partial charge on any atom is -0.481 e. The molecule has 3 rings (SSSR count). The average molecular weight is 421 g/mol. The molecule has 0 unspecified atom stereocenters. The number of fused-ring (bicyclic) bond motifs is 2. The molecule has 2 bridgehead atoms. The lowest BCUT2D eigenvalue weighted by Crippen LogP contribution is -2.44. The van der Waals surface area contributed by atoms with E-state index in [-0.39, 0.29) is 12.3 Å². The highest BCUT2D eigenvalue weighted by atomic mass is 16.5. The van der Waals surface area contributed by atoms with Crippen molar-refractivity contribution in [1.29, 1.82) is 0 Å². The van der Waals surface area contributed by atoms with E-state index in [0.717, 1.165) is 51.6 Å². The molecule has 6 nitrogen and oxygen atoms in total. The lowest BCUT2D eigenvalue weighted by molar-refractivity contribution is -0.137. The number of ether oxygens (including phenoxy) is 1. The van der Waals surface area contributed by atoms with Gasteiger partial charge in [0.25, 0.3) is 0 Å². The zero-order valence-corrected chi connectivity index (χ0v) is 18.6. The first-order valence-electron chi connectivity index (χ1n) is 12.1. The van der Waals surface area contributed by atoms with E-state index in [1.54, 1.807) is 0 Å². The molecule has 1 saturated carbocycles. The van der Waals surface area contributed by atoms with Gasteiger partial charge in [0.2, 0.25) is 5.91 Å². The molecule has 0 aromatic heterocycles. The highest BCUT2D eigenvalue weighted by Crippen LogP contribution is 2.46. The van der Waals surface area contributed by atoms with Crippen molar-refractivity contribution < 1.29 is 19.4 Å². The van der Waals surface area contributed by atoms with Crippen LogP contribution in [0.4, 0.5) is 0 Å². The fraction of sp³-hybridized carbons (Fsp3) is 0.833. The van der Waals surface area contributed by atoms with Crippen molar-refractivity contribution in [1.82, 2.24) is 10.2 Å². The van der Waals surface area contributed by atoms with Gasteiger partial charge in [0.05, 0.1) is 18.8 Å². The molecule has 6 heteroatoms. The smallest absolute Gasteiger partial charge is 0.303 e. The molecule has 2 N–H and O–H groups in total. The van der Waals surface area contributed by atoms with Crippen molar-refractivity contribution in [2.45, 2.75) is 95.8 Å². The van der Waals surface area contributed by atoms with E-state index in [1.165, 1.54) is 19.3 Å². The summed E-state index contributed by atoms with van der Waals surface area (Å²) in [5.74, 6) is 0.644. The molecule has 0 spiro atoms. The molecular formula is C24H40N2O4. The molecule has 0 aromatic rings. The Labute approximate surface area is 181 Å². The van der Waals surface area contributed by atoms with E-state index >= 15 is 0 Å². The van der Waals surface area contributed by atoms with E-state index < -0.39 is 5.97 Å². The zero-order valence-electron chi connectivity index (χ0n) is 18.6. The van der Waals surface area contributed by atoms with Crippen LogP contribution in [0.25, 0.3) is 0 Å². The molecule has 0 radical (unpaired) electrons. The maximum absolute atomic E-state index is 12.6. The summed E-state index contributed by atoms with van der Waals surface area (Å²) in [6, 6.07) is 0.454. The van der Waals surface area contributed by atoms with Gasteiger partial charge in [0.15, 0.2) is 0 Å². The molecule has 1 aliphatic carbocycles. The number of carboxylic acid groups (broad SMARTS) is 1. The minimum atomic E-state index is -0.721. The van der Waals surface area contributed by atoms with E-state index in [1.807, 2.05) is 0 Å². The van der Waals surface area contributed by atoms with E-state index in [4.69, 9.17) is 9.84 Å². The third-order valence-corrected chi connectivity index (χ3v) is 7.28. The number of nitrogens with one attached hydrogen (secondary N) is 1. The maximum Gasteiger partial charge on any atom is 0.303 e. The van der Waals surface area contributed by atoms with Crippen molar-refractivity contribution in [3.63, 3.8) is 0 Å². The number of unbranched alkanes of at least 4 members (excludes halogenated alkanes) is 1. The van der Waals surface area contributed by atoms with Crippen LogP contribution in [0.15, 0.2) is 12.2 Å². The van der Waals surface area contributed by atoms with Gasteiger partial charge in [-0.25, -0.2) is 0 Å². The number of aliphatic carboxylic acids is 1. The number of hydrogen-bond acceptors (Lipinski definition) is 4. The first-order valence-corrected chi connectivity index (χ1v) is 12.1. The first kappa shape index (κ1) is 23.3. The normalized spacial score (nSPS) is 28.6. The monoisotopic (exact) mass is 420 g/mol. The van der Waals surface area contributed by atoms with E-state index in [2.05, 4.69) is 29.3 Å². The Hall–Kier alpha value is -1.40. The third-order valence-electron chi connectivity index (χ3n) is 7.28. The number of carbonyl (C=O) groups is 2. The second-order valence-electron chi connectivity index (χ2n) is 9.19. The van der Waals surface area contributed by atoms with Gasteiger partial charge in [-0.15, -0.1) is 0 Å². The topological polar surface area (TPSA) is 78.9 Å². The van der Waals surface area contributed by atoms with Crippen LogP contribution in [0.2, 0.25) is 0 Å². The predicted molar refractivity (Wildman–Crippen MR) is 117 cm³/mol. The van der Waals surface area contributed by atoms with Crippen LogP contribution >= 0.6 is 0 Å². The Balaban J connectivity index is 1.37. The fourth-order valence-electron chi connectivity index (χ4n) is 5.76. The largest absolute Gasteiger partial charge is 0.481 e. The number of likely N-dealkylation sites (N-methyl/N-ethyl adjacent to an activating group) is 1. The van der Waals surface area contributed by atoms with Crippen LogP contribution in [0.1, 0.15) is 77.6 Å². The van der Waals surface area contributed by atoms with Gasteiger partial charge in [-0.2, -0.15) is 0 Å². The molecular weight excluding hydrogens is 380 g/mol. The van der Waals surface area contributed by atoms with Crippen molar-refractivity contribution in [3.8, 4) is 0 Å². The number of nitrogens with zero attached hydrogens (tertiary/aromatic N) is 1. The summed E-state index contributed by atoms with van der Waals surface area (Å²) in [6.45, 7) is 4.21. The number of carbonyl (C=O) groups excluding carboxylic acids is 1. The van der Waals surface area contributed by atoms with Crippen LogP contribution in [-0.2, 0) is 14.3 Å². The van der Waals surface area contributed by atoms with Gasteiger partial charge in [-0.05, 0) is 76.7 Å². The summed E-state index contributed by atoms with van der Waals surface area (Å²) in [6.07, 6.45) is 16.1. The van der Waals surface area contributed by atoms with Gasteiger partial charge in [0.1, 0.15) is 0 Å². The molecule has 170 valence electrons. The van der Waals surface area contributed by atoms with Crippen molar-refractivity contribution in [2.24, 2.45) is 11.8 Å². The summed E-state index contributed by atoms with van der Waals surface area (Å²) < 4.78 is 6.19. The summed E-state index contributed by atoms with van der Waals surface area (Å²) >= 11 is 0. The molecule has 2 saturated heterocycles. The Morgan fingerprint density at radius 3 is 2.53 bits per heavy atom. The molecule has 3 fully saturated rings. The lowest BCUT2D eigenvalue weighted by Gasteiger charge is -2.29. The van der Waals surface area contributed by atoms with Crippen molar-refractivity contribution in [2.75, 3.05) is 19.6 Å². The Bertz CT molecular complexity index is 588. The molecule has 2 heterocycles. The summed E-state index contributed by atoms with van der Waals surface area (Å²) in [5, 5.41) is 12.1. The molecule has 1 amide bonds. The number of allylic oxidation sites excluding steroid dienone is 2. The average Bonchev–Trinajstić information content (AvgIpc) is 3.47. The fourth-order valence-corrected chi connectivity index (χ4v) is 5.76. The standard InChI is InChI=1S/C24H40N2O4/c1-2-26(18-9-7-8-10-18)23(27)17-25-16-15-20-19(21-13-14-22(20)30-21)11-5-3-4-6-12-24(28)29/h3,5,18-22,25H,2,4,6-17H2,1H3,(H,28,29)/t19-,20-,21-,22+/m1/s1. The number of carboxylic acids is 1. The van der Waals surface area contributed by atoms with Gasteiger partial charge in [-0.3, -0.25) is 9.59 Å². The zero-order chi connectivity index (χ0) is 21.3. The third kappa shape index (κ3) is 6.30. The van der Waals surface area contributed by atoms with Gasteiger partial charge in [-0.1, -0.05) is 25.0 Å². The van der Waals surface area contributed by atoms with Crippen LogP contribution in [-0.4, -0.2) is 59.8 Å². The molecule has 30 heavy (non-hydrogen) atoms. The second kappa shape index (κ2) is 11.8. The van der Waals surface area contributed by atoms with Gasteiger partial charge < -0.3 is 20.1 Å². The molecule has 2 aliphatic heterocycles. The van der Waals surface area contributed by atoms with Gasteiger partial charge >= 0.3 is 5.97 Å². The molecule has 0 aromatic carbocycles. The highest BCUT2D eigenvalue weighted by Gasteiger charge is 2.47. The Morgan fingerprint density at radius 1 is 1.10 bits per heavy atom. The summed E-state index contributed by atoms with van der Waals surface area (Å²) in [5.41, 5.74) is 0. The number of rotatable bonds is 13. The SMILES string of the molecule is CCN(C(=O)CNCC[C@@H]1[C@@H](CC=CCCCC(=O)O)[C@H]2CC[C@@H]1O2)C1CCCC1. The van der Waals surface area contributed by atoms with Crippen LogP contribution in [0, 0.1) is 11.8 Å². The predicted octanol–water partition coefficient (Wildman–Crippen LogP) is 3.75.